The summed E-state index contributed by atoms with van der Waals surface area (Å²) < 4.78 is 0. The molecule has 2 amide bonds. The van der Waals surface area contributed by atoms with E-state index in [-0.39, 0.29) is 17.9 Å². The van der Waals surface area contributed by atoms with Crippen LogP contribution in [0.25, 0.3) is 0 Å². The Morgan fingerprint density at radius 1 is 1.08 bits per heavy atom. The van der Waals surface area contributed by atoms with Crippen LogP contribution in [0.3, 0.4) is 0 Å². The lowest BCUT2D eigenvalue weighted by molar-refractivity contribution is 0.0933. The number of aromatic nitrogens is 1. The Morgan fingerprint density at radius 2 is 1.71 bits per heavy atom. The highest BCUT2D eigenvalue weighted by Gasteiger charge is 2.17. The minimum absolute atomic E-state index is 0.141. The largest absolute Gasteiger partial charge is 0.351 e. The molecule has 1 heterocycles. The summed E-state index contributed by atoms with van der Waals surface area (Å²) in [7, 11) is 3.90. The quantitative estimate of drug-likeness (QED) is 0.780. The normalized spacial score (nSPS) is 15.8. The van der Waals surface area contributed by atoms with Gasteiger partial charge in [0.25, 0.3) is 11.8 Å². The van der Waals surface area contributed by atoms with Crippen LogP contribution in [0.2, 0.25) is 0 Å². The van der Waals surface area contributed by atoms with Gasteiger partial charge in [-0.15, -0.1) is 0 Å². The number of hydrogen-bond acceptors (Lipinski definition) is 4. The molecule has 1 aliphatic carbocycles. The standard InChI is InChI=1S/C18H28N4O2/c1-22(2)10-9-20-17(23)14-11-15(13-19-12-14)18(24)21-16-7-5-3-4-6-8-16/h11-13,16H,3-10H2,1-2H3,(H,20,23)(H,21,24). The van der Waals surface area contributed by atoms with Crippen LogP contribution in [0.1, 0.15) is 59.2 Å². The SMILES string of the molecule is CN(C)CCNC(=O)c1cncc(C(=O)NC2CCCCCC2)c1. The van der Waals surface area contributed by atoms with Gasteiger partial charge in [-0.3, -0.25) is 14.6 Å². The van der Waals surface area contributed by atoms with E-state index in [1.54, 1.807) is 6.07 Å². The molecular formula is C18H28N4O2. The van der Waals surface area contributed by atoms with Crippen LogP contribution >= 0.6 is 0 Å². The molecule has 6 heteroatoms. The topological polar surface area (TPSA) is 74.3 Å². The average Bonchev–Trinajstić information content (AvgIpc) is 2.83. The van der Waals surface area contributed by atoms with Crippen molar-refractivity contribution in [2.45, 2.75) is 44.6 Å². The van der Waals surface area contributed by atoms with Gasteiger partial charge in [0.1, 0.15) is 0 Å². The third kappa shape index (κ3) is 5.92. The third-order valence-electron chi connectivity index (χ3n) is 4.30. The fraction of sp³-hybridized carbons (Fsp3) is 0.611. The number of carbonyl (C=O) groups is 2. The van der Waals surface area contributed by atoms with Crippen LogP contribution in [0, 0.1) is 0 Å². The van der Waals surface area contributed by atoms with E-state index in [4.69, 9.17) is 0 Å². The highest BCUT2D eigenvalue weighted by molar-refractivity contribution is 5.99. The predicted octanol–water partition coefficient (Wildman–Crippen LogP) is 1.83. The number of pyridine rings is 1. The van der Waals surface area contributed by atoms with Crippen molar-refractivity contribution in [2.75, 3.05) is 27.2 Å². The summed E-state index contributed by atoms with van der Waals surface area (Å²) in [6.45, 7) is 1.32. The van der Waals surface area contributed by atoms with Crippen LogP contribution in [0.15, 0.2) is 18.5 Å². The number of nitrogens with zero attached hydrogens (tertiary/aromatic N) is 2. The maximum Gasteiger partial charge on any atom is 0.253 e. The Morgan fingerprint density at radius 3 is 2.33 bits per heavy atom. The first kappa shape index (κ1) is 18.4. The minimum atomic E-state index is -0.200. The summed E-state index contributed by atoms with van der Waals surface area (Å²) in [6, 6.07) is 1.85. The number of likely N-dealkylation sites (N-methyl/N-ethyl adjacent to an activating group) is 1. The van der Waals surface area contributed by atoms with E-state index in [9.17, 15) is 9.59 Å². The lowest BCUT2D eigenvalue weighted by atomic mass is 10.1. The van der Waals surface area contributed by atoms with E-state index < -0.39 is 0 Å². The van der Waals surface area contributed by atoms with E-state index in [1.165, 1.54) is 25.2 Å². The molecule has 2 rings (SSSR count). The fourth-order valence-electron chi connectivity index (χ4n) is 2.88. The first-order valence-corrected chi connectivity index (χ1v) is 8.75. The van der Waals surface area contributed by atoms with Crippen LogP contribution in [-0.2, 0) is 0 Å². The first-order chi connectivity index (χ1) is 11.6. The molecule has 1 aliphatic rings. The molecule has 1 aromatic rings. The van der Waals surface area contributed by atoms with Gasteiger partial charge in [0.05, 0.1) is 11.1 Å². The lowest BCUT2D eigenvalue weighted by Gasteiger charge is -2.16. The fourth-order valence-corrected chi connectivity index (χ4v) is 2.88. The molecule has 0 unspecified atom stereocenters. The number of amides is 2. The zero-order chi connectivity index (χ0) is 17.4. The summed E-state index contributed by atoms with van der Waals surface area (Å²) >= 11 is 0. The van der Waals surface area contributed by atoms with Gasteiger partial charge in [-0.1, -0.05) is 25.7 Å². The number of hydrogen-bond donors (Lipinski definition) is 2. The molecule has 0 atom stereocenters. The van der Waals surface area contributed by atoms with E-state index in [1.807, 2.05) is 19.0 Å². The number of carbonyl (C=O) groups excluding carboxylic acids is 2. The summed E-state index contributed by atoms with van der Waals surface area (Å²) in [5, 5.41) is 5.92. The second-order valence-electron chi connectivity index (χ2n) is 6.68. The smallest absolute Gasteiger partial charge is 0.253 e. The molecule has 0 aromatic carbocycles. The second kappa shape index (κ2) is 9.37. The van der Waals surface area contributed by atoms with Gasteiger partial charge in [-0.2, -0.15) is 0 Å². The molecule has 24 heavy (non-hydrogen) atoms. The maximum absolute atomic E-state index is 12.4. The van der Waals surface area contributed by atoms with Crippen LogP contribution in [0.5, 0.6) is 0 Å². The van der Waals surface area contributed by atoms with Crippen LogP contribution in [0.4, 0.5) is 0 Å². The highest BCUT2D eigenvalue weighted by Crippen LogP contribution is 2.17. The Labute approximate surface area is 144 Å². The molecule has 1 fully saturated rings. The summed E-state index contributed by atoms with van der Waals surface area (Å²) in [5.41, 5.74) is 0.863. The molecule has 2 N–H and O–H groups in total. The predicted molar refractivity (Wildman–Crippen MR) is 94.1 cm³/mol. The molecule has 1 aromatic heterocycles. The number of rotatable bonds is 6. The highest BCUT2D eigenvalue weighted by atomic mass is 16.2. The molecule has 0 radical (unpaired) electrons. The third-order valence-corrected chi connectivity index (χ3v) is 4.30. The van der Waals surface area contributed by atoms with Gasteiger partial charge in [0.15, 0.2) is 0 Å². The number of nitrogens with one attached hydrogen (secondary N) is 2. The second-order valence-corrected chi connectivity index (χ2v) is 6.68. The molecule has 6 nitrogen and oxygen atoms in total. The summed E-state index contributed by atoms with van der Waals surface area (Å²) in [4.78, 5) is 30.6. The Kier molecular flexibility index (Phi) is 7.18. The van der Waals surface area contributed by atoms with Crippen molar-refractivity contribution in [1.82, 2.24) is 20.5 Å². The molecule has 132 valence electrons. The summed E-state index contributed by atoms with van der Waals surface area (Å²) in [5.74, 6) is -0.342. The van der Waals surface area contributed by atoms with Gasteiger partial charge < -0.3 is 15.5 Å². The van der Waals surface area contributed by atoms with E-state index >= 15 is 0 Å². The maximum atomic E-state index is 12.4. The molecule has 0 aliphatic heterocycles. The molecule has 1 saturated carbocycles. The molecule has 0 saturated heterocycles. The van der Waals surface area contributed by atoms with Gasteiger partial charge in [0, 0.05) is 31.5 Å². The zero-order valence-corrected chi connectivity index (χ0v) is 14.7. The lowest BCUT2D eigenvalue weighted by Crippen LogP contribution is -2.35. The van der Waals surface area contributed by atoms with Crippen molar-refractivity contribution in [3.8, 4) is 0 Å². The molecule has 0 spiro atoms. The van der Waals surface area contributed by atoms with Gasteiger partial charge in [-0.05, 0) is 33.0 Å². The first-order valence-electron chi connectivity index (χ1n) is 8.75. The van der Waals surface area contributed by atoms with Crippen molar-refractivity contribution < 1.29 is 9.59 Å². The van der Waals surface area contributed by atoms with E-state index in [2.05, 4.69) is 15.6 Å². The Bertz CT molecular complexity index is 552. The van der Waals surface area contributed by atoms with Crippen molar-refractivity contribution in [2.24, 2.45) is 0 Å². The Hall–Kier alpha value is -1.95. The average molecular weight is 332 g/mol. The van der Waals surface area contributed by atoms with Gasteiger partial charge in [0.2, 0.25) is 0 Å². The molecule has 0 bridgehead atoms. The summed E-state index contributed by atoms with van der Waals surface area (Å²) in [6.07, 6.45) is 9.89. The Balaban J connectivity index is 1.93. The molecular weight excluding hydrogens is 304 g/mol. The van der Waals surface area contributed by atoms with Crippen molar-refractivity contribution >= 4 is 11.8 Å². The van der Waals surface area contributed by atoms with E-state index in [0.29, 0.717) is 17.7 Å². The minimum Gasteiger partial charge on any atom is -0.351 e. The zero-order valence-electron chi connectivity index (χ0n) is 14.7. The van der Waals surface area contributed by atoms with Crippen LogP contribution in [-0.4, -0.2) is 54.9 Å². The van der Waals surface area contributed by atoms with Gasteiger partial charge >= 0.3 is 0 Å². The van der Waals surface area contributed by atoms with Crippen molar-refractivity contribution in [3.05, 3.63) is 29.6 Å². The van der Waals surface area contributed by atoms with Crippen molar-refractivity contribution in [3.63, 3.8) is 0 Å². The van der Waals surface area contributed by atoms with Crippen LogP contribution < -0.4 is 10.6 Å². The van der Waals surface area contributed by atoms with Gasteiger partial charge in [-0.25, -0.2) is 0 Å². The van der Waals surface area contributed by atoms with E-state index in [0.717, 1.165) is 32.2 Å². The monoisotopic (exact) mass is 332 g/mol. The van der Waals surface area contributed by atoms with Crippen molar-refractivity contribution in [1.29, 1.82) is 0 Å².